The number of carbonyl (C=O) groups is 2. The van der Waals surface area contributed by atoms with Crippen molar-refractivity contribution in [3.63, 3.8) is 0 Å². The summed E-state index contributed by atoms with van der Waals surface area (Å²) >= 11 is 0. The van der Waals surface area contributed by atoms with E-state index in [4.69, 9.17) is 9.47 Å². The van der Waals surface area contributed by atoms with Crippen LogP contribution in [0.5, 0.6) is 5.75 Å². The van der Waals surface area contributed by atoms with E-state index < -0.39 is 28.8 Å². The van der Waals surface area contributed by atoms with Crippen LogP contribution in [0.15, 0.2) is 47.6 Å². The Morgan fingerprint density at radius 3 is 2.46 bits per heavy atom. The Kier molecular flexibility index (Phi) is 5.03. The van der Waals surface area contributed by atoms with Gasteiger partial charge >= 0.3 is 5.97 Å². The lowest BCUT2D eigenvalue weighted by Gasteiger charge is -2.19. The number of nitro groups is 1. The molecule has 9 nitrogen and oxygen atoms in total. The first-order chi connectivity index (χ1) is 13.3. The maximum absolute atomic E-state index is 13.2. The third-order valence-corrected chi connectivity index (χ3v) is 3.78. The molecule has 2 aromatic rings. The fourth-order valence-corrected chi connectivity index (χ4v) is 2.56. The van der Waals surface area contributed by atoms with Crippen LogP contribution < -0.4 is 4.74 Å². The van der Waals surface area contributed by atoms with Gasteiger partial charge in [-0.15, -0.1) is 5.10 Å². The number of amides is 1. The predicted octanol–water partition coefficient (Wildman–Crippen LogP) is 2.90. The summed E-state index contributed by atoms with van der Waals surface area (Å²) < 4.78 is 24.0. The number of non-ortho nitro benzene ring substituents is 1. The van der Waals surface area contributed by atoms with Crippen LogP contribution in [0.2, 0.25) is 0 Å². The van der Waals surface area contributed by atoms with Crippen LogP contribution in [0.1, 0.15) is 31.2 Å². The summed E-state index contributed by atoms with van der Waals surface area (Å²) in [6.07, 6.45) is -1.00. The minimum Gasteiger partial charge on any atom is -0.446 e. The molecule has 0 aromatic heterocycles. The molecule has 144 valence electrons. The zero-order valence-corrected chi connectivity index (χ0v) is 14.8. The SMILES string of the molecule is CC(=O)Oc1ccc([N+](=O)[O-])cc1C1=NN(C(C)=O)C(c2ccc(F)cc2)O1. The van der Waals surface area contributed by atoms with Crippen LogP contribution in [0.4, 0.5) is 10.1 Å². The highest BCUT2D eigenvalue weighted by Crippen LogP contribution is 2.34. The Morgan fingerprint density at radius 1 is 1.21 bits per heavy atom. The Labute approximate surface area is 158 Å². The molecule has 1 aliphatic heterocycles. The summed E-state index contributed by atoms with van der Waals surface area (Å²) in [5.41, 5.74) is 0.187. The summed E-state index contributed by atoms with van der Waals surface area (Å²) in [4.78, 5) is 33.8. The summed E-state index contributed by atoms with van der Waals surface area (Å²) in [7, 11) is 0. The molecule has 1 unspecified atom stereocenters. The van der Waals surface area contributed by atoms with Gasteiger partial charge in [0.25, 0.3) is 5.69 Å². The van der Waals surface area contributed by atoms with Crippen molar-refractivity contribution < 1.29 is 28.4 Å². The van der Waals surface area contributed by atoms with Crippen molar-refractivity contribution in [1.29, 1.82) is 0 Å². The lowest BCUT2D eigenvalue weighted by molar-refractivity contribution is -0.384. The van der Waals surface area contributed by atoms with Gasteiger partial charge in [0.05, 0.1) is 10.5 Å². The quantitative estimate of drug-likeness (QED) is 0.345. The Hall–Kier alpha value is -3.82. The second-order valence-electron chi connectivity index (χ2n) is 5.82. The van der Waals surface area contributed by atoms with Crippen molar-refractivity contribution in [2.24, 2.45) is 5.10 Å². The topological polar surface area (TPSA) is 111 Å². The molecular formula is C18H14FN3O6. The number of nitro benzene ring substituents is 1. The number of ether oxygens (including phenoxy) is 2. The van der Waals surface area contributed by atoms with Crippen molar-refractivity contribution in [2.75, 3.05) is 0 Å². The second kappa shape index (κ2) is 7.43. The molecule has 1 atom stereocenters. The first kappa shape index (κ1) is 19.0. The van der Waals surface area contributed by atoms with E-state index in [1.54, 1.807) is 0 Å². The first-order valence-electron chi connectivity index (χ1n) is 8.04. The molecule has 1 heterocycles. The minimum atomic E-state index is -1.00. The fourth-order valence-electron chi connectivity index (χ4n) is 2.56. The lowest BCUT2D eigenvalue weighted by Crippen LogP contribution is -2.25. The van der Waals surface area contributed by atoms with Gasteiger partial charge < -0.3 is 9.47 Å². The number of halogens is 1. The maximum atomic E-state index is 13.2. The summed E-state index contributed by atoms with van der Waals surface area (Å²) in [5.74, 6) is -1.74. The van der Waals surface area contributed by atoms with E-state index >= 15 is 0 Å². The van der Waals surface area contributed by atoms with Crippen LogP contribution in [0, 0.1) is 15.9 Å². The highest BCUT2D eigenvalue weighted by Gasteiger charge is 2.35. The van der Waals surface area contributed by atoms with Gasteiger partial charge in [-0.25, -0.2) is 4.39 Å². The zero-order chi connectivity index (χ0) is 20.4. The number of benzene rings is 2. The Bertz CT molecular complexity index is 989. The molecule has 0 N–H and O–H groups in total. The number of carbonyl (C=O) groups excluding carboxylic acids is 2. The van der Waals surface area contributed by atoms with E-state index in [2.05, 4.69) is 5.10 Å². The van der Waals surface area contributed by atoms with E-state index in [-0.39, 0.29) is 22.9 Å². The average Bonchev–Trinajstić information content (AvgIpc) is 3.07. The van der Waals surface area contributed by atoms with Gasteiger partial charge in [0, 0.05) is 31.5 Å². The molecule has 0 spiro atoms. The maximum Gasteiger partial charge on any atom is 0.308 e. The average molecular weight is 387 g/mol. The van der Waals surface area contributed by atoms with E-state index in [1.807, 2.05) is 0 Å². The molecule has 1 aliphatic rings. The van der Waals surface area contributed by atoms with Gasteiger partial charge in [0.2, 0.25) is 18.0 Å². The fraction of sp³-hybridized carbons (Fsp3) is 0.167. The van der Waals surface area contributed by atoms with Crippen molar-refractivity contribution in [3.05, 3.63) is 69.5 Å². The van der Waals surface area contributed by atoms with Gasteiger partial charge in [0.1, 0.15) is 11.6 Å². The molecular weight excluding hydrogens is 373 g/mol. The number of hydrazone groups is 1. The van der Waals surface area contributed by atoms with Gasteiger partial charge in [-0.2, -0.15) is 5.01 Å². The largest absolute Gasteiger partial charge is 0.446 e. The van der Waals surface area contributed by atoms with E-state index in [0.29, 0.717) is 5.56 Å². The van der Waals surface area contributed by atoms with Gasteiger partial charge in [-0.3, -0.25) is 19.7 Å². The van der Waals surface area contributed by atoms with Crippen molar-refractivity contribution >= 4 is 23.5 Å². The molecule has 28 heavy (non-hydrogen) atoms. The highest BCUT2D eigenvalue weighted by atomic mass is 19.1. The predicted molar refractivity (Wildman–Crippen MR) is 93.7 cm³/mol. The normalized spacial score (nSPS) is 15.6. The summed E-state index contributed by atoms with van der Waals surface area (Å²) in [6, 6.07) is 8.78. The van der Waals surface area contributed by atoms with Crippen molar-refractivity contribution in [2.45, 2.75) is 20.1 Å². The van der Waals surface area contributed by atoms with Gasteiger partial charge in [0.15, 0.2) is 0 Å². The second-order valence-corrected chi connectivity index (χ2v) is 5.82. The van der Waals surface area contributed by atoms with Gasteiger partial charge in [-0.1, -0.05) is 12.1 Å². The van der Waals surface area contributed by atoms with Crippen LogP contribution in [0.25, 0.3) is 0 Å². The Morgan fingerprint density at radius 2 is 1.89 bits per heavy atom. The monoisotopic (exact) mass is 387 g/mol. The molecule has 10 heteroatoms. The standard InChI is InChI=1S/C18H14FN3O6/c1-10(23)21-18(12-3-5-13(19)6-4-12)28-17(20-21)15-9-14(22(25)26)7-8-16(15)27-11(2)24/h3-9,18H,1-2H3. The smallest absolute Gasteiger partial charge is 0.308 e. The molecule has 0 saturated carbocycles. The third kappa shape index (κ3) is 3.80. The van der Waals surface area contributed by atoms with Crippen LogP contribution >= 0.6 is 0 Å². The molecule has 2 aromatic carbocycles. The van der Waals surface area contributed by atoms with Crippen molar-refractivity contribution in [3.8, 4) is 5.75 Å². The van der Waals surface area contributed by atoms with Gasteiger partial charge in [-0.05, 0) is 18.2 Å². The van der Waals surface area contributed by atoms with Crippen LogP contribution in [-0.2, 0) is 14.3 Å². The van der Waals surface area contributed by atoms with Crippen LogP contribution in [-0.4, -0.2) is 27.7 Å². The summed E-state index contributed by atoms with van der Waals surface area (Å²) in [5, 5.41) is 16.2. The molecule has 1 amide bonds. The Balaban J connectivity index is 2.05. The number of nitrogens with zero attached hydrogens (tertiary/aromatic N) is 3. The number of esters is 1. The number of rotatable bonds is 4. The van der Waals surface area contributed by atoms with Crippen LogP contribution in [0.3, 0.4) is 0 Å². The van der Waals surface area contributed by atoms with Crippen molar-refractivity contribution in [1.82, 2.24) is 5.01 Å². The van der Waals surface area contributed by atoms with E-state index in [0.717, 1.165) is 17.1 Å². The molecule has 0 saturated heterocycles. The minimum absolute atomic E-state index is 0.0138. The molecule has 0 fully saturated rings. The molecule has 3 rings (SSSR count). The third-order valence-electron chi connectivity index (χ3n) is 3.78. The highest BCUT2D eigenvalue weighted by molar-refractivity contribution is 6.00. The first-order valence-corrected chi connectivity index (χ1v) is 8.04. The van der Waals surface area contributed by atoms with E-state index in [9.17, 15) is 24.1 Å². The number of hydrogen-bond donors (Lipinski definition) is 0. The molecule has 0 bridgehead atoms. The van der Waals surface area contributed by atoms with E-state index in [1.165, 1.54) is 44.2 Å². The molecule has 0 radical (unpaired) electrons. The lowest BCUT2D eigenvalue weighted by atomic mass is 10.1. The zero-order valence-electron chi connectivity index (χ0n) is 14.8. The summed E-state index contributed by atoms with van der Waals surface area (Å²) in [6.45, 7) is 2.43. The molecule has 0 aliphatic carbocycles. The number of hydrogen-bond acceptors (Lipinski definition) is 7.